The fraction of sp³-hybridized carbons (Fsp3) is 0.333. The van der Waals surface area contributed by atoms with E-state index in [1.807, 2.05) is 37.3 Å². The van der Waals surface area contributed by atoms with Crippen molar-refractivity contribution >= 4 is 6.08 Å². The zero-order valence-electron chi connectivity index (χ0n) is 9.30. The maximum absolute atomic E-state index is 9.02. The first-order valence-electron chi connectivity index (χ1n) is 5.15. The van der Waals surface area contributed by atoms with Crippen molar-refractivity contribution in [3.05, 3.63) is 51.4 Å². The Bertz CT molecular complexity index is 420. The molecular weight excluding hydrogens is 202 g/mol. The van der Waals surface area contributed by atoms with Gasteiger partial charge in [0.05, 0.1) is 6.61 Å². The number of rotatable bonds is 5. The minimum Gasteiger partial charge on any atom is -0.392 e. The zero-order chi connectivity index (χ0) is 11.8. The first kappa shape index (κ1) is 12.3. The summed E-state index contributed by atoms with van der Waals surface area (Å²) in [6.07, 6.45) is 4.69. The van der Waals surface area contributed by atoms with E-state index >= 15 is 0 Å². The lowest BCUT2D eigenvalue weighted by molar-refractivity contribution is 0.282. The third-order valence-electron chi connectivity index (χ3n) is 2.28. The molecule has 1 aromatic carbocycles. The summed E-state index contributed by atoms with van der Waals surface area (Å²) in [6, 6.07) is 5.85. The van der Waals surface area contributed by atoms with E-state index in [0.717, 1.165) is 23.1 Å². The Hall–Kier alpha value is -1.77. The van der Waals surface area contributed by atoms with Crippen LogP contribution in [-0.4, -0.2) is 11.7 Å². The first-order valence-corrected chi connectivity index (χ1v) is 5.15. The third kappa shape index (κ3) is 3.77. The molecule has 0 aliphatic heterocycles. The largest absolute Gasteiger partial charge is 0.392 e. The number of aryl methyl sites for hydroxylation is 1. The van der Waals surface area contributed by atoms with Gasteiger partial charge in [-0.15, -0.1) is 0 Å². The fourth-order valence-electron chi connectivity index (χ4n) is 1.36. The van der Waals surface area contributed by atoms with Crippen LogP contribution in [0.25, 0.3) is 16.5 Å². The van der Waals surface area contributed by atoms with Crippen molar-refractivity contribution in [2.24, 2.45) is 5.11 Å². The average Bonchev–Trinajstić information content (AvgIpc) is 2.31. The smallest absolute Gasteiger partial charge is 0.0682 e. The van der Waals surface area contributed by atoms with Gasteiger partial charge in [0.2, 0.25) is 0 Å². The molecule has 0 radical (unpaired) electrons. The van der Waals surface area contributed by atoms with Gasteiger partial charge in [-0.25, -0.2) is 0 Å². The van der Waals surface area contributed by atoms with E-state index in [1.54, 1.807) is 0 Å². The summed E-state index contributed by atoms with van der Waals surface area (Å²) in [4.78, 5) is 2.68. The van der Waals surface area contributed by atoms with Gasteiger partial charge in [-0.2, -0.15) is 0 Å². The molecule has 0 aliphatic carbocycles. The normalized spacial score (nSPS) is 10.4. The minimum atomic E-state index is 0.0554. The molecule has 0 amide bonds. The number of azide groups is 1. The summed E-state index contributed by atoms with van der Waals surface area (Å²) in [7, 11) is 0. The molecule has 0 aliphatic rings. The van der Waals surface area contributed by atoms with E-state index < -0.39 is 0 Å². The van der Waals surface area contributed by atoms with Crippen molar-refractivity contribution in [3.63, 3.8) is 0 Å². The van der Waals surface area contributed by atoms with Crippen molar-refractivity contribution in [2.75, 3.05) is 6.54 Å². The van der Waals surface area contributed by atoms with E-state index in [-0.39, 0.29) is 6.61 Å². The molecule has 0 fully saturated rings. The minimum absolute atomic E-state index is 0.0554. The molecule has 1 N–H and O–H groups in total. The highest BCUT2D eigenvalue weighted by Gasteiger charge is 1.96. The Kier molecular flexibility index (Phi) is 5.12. The van der Waals surface area contributed by atoms with Gasteiger partial charge in [0, 0.05) is 11.5 Å². The summed E-state index contributed by atoms with van der Waals surface area (Å²) in [5.74, 6) is 0. The van der Waals surface area contributed by atoms with Gasteiger partial charge in [0.1, 0.15) is 0 Å². The summed E-state index contributed by atoms with van der Waals surface area (Å²) in [5.41, 5.74) is 11.3. The Balaban J connectivity index is 2.67. The number of nitrogens with zero attached hydrogens (tertiary/aromatic N) is 3. The molecule has 0 spiro atoms. The Morgan fingerprint density at radius 3 is 3.00 bits per heavy atom. The van der Waals surface area contributed by atoms with Crippen LogP contribution in [-0.2, 0) is 6.61 Å². The third-order valence-corrected chi connectivity index (χ3v) is 2.28. The van der Waals surface area contributed by atoms with Gasteiger partial charge in [0.25, 0.3) is 0 Å². The van der Waals surface area contributed by atoms with Crippen LogP contribution in [0.1, 0.15) is 23.1 Å². The van der Waals surface area contributed by atoms with E-state index in [4.69, 9.17) is 10.6 Å². The van der Waals surface area contributed by atoms with Crippen LogP contribution in [0.2, 0.25) is 0 Å². The second-order valence-corrected chi connectivity index (χ2v) is 3.49. The summed E-state index contributed by atoms with van der Waals surface area (Å²) in [5, 5.41) is 12.5. The number of aliphatic hydroxyl groups is 1. The van der Waals surface area contributed by atoms with E-state index in [1.165, 1.54) is 0 Å². The zero-order valence-corrected chi connectivity index (χ0v) is 9.30. The topological polar surface area (TPSA) is 69.0 Å². The van der Waals surface area contributed by atoms with Crippen LogP contribution < -0.4 is 0 Å². The molecule has 4 nitrogen and oxygen atoms in total. The first-order chi connectivity index (χ1) is 7.77. The maximum Gasteiger partial charge on any atom is 0.0682 e. The standard InChI is InChI=1S/C12H15N3O/c1-10-5-6-11(9-16)8-12(10)4-2-3-7-14-15-13/h2,4-6,8,16H,3,7,9H2,1H3. The van der Waals surface area contributed by atoms with Crippen molar-refractivity contribution in [1.29, 1.82) is 0 Å². The van der Waals surface area contributed by atoms with Crippen molar-refractivity contribution < 1.29 is 5.11 Å². The Morgan fingerprint density at radius 1 is 1.50 bits per heavy atom. The quantitative estimate of drug-likeness (QED) is 0.350. The summed E-state index contributed by atoms with van der Waals surface area (Å²) in [6.45, 7) is 2.56. The molecule has 0 saturated carbocycles. The van der Waals surface area contributed by atoms with Gasteiger partial charge in [-0.05, 0) is 41.6 Å². The molecule has 4 heteroatoms. The molecular formula is C12H15N3O. The predicted molar refractivity (Wildman–Crippen MR) is 64.8 cm³/mol. The molecule has 0 unspecified atom stereocenters. The monoisotopic (exact) mass is 217 g/mol. The molecule has 1 aromatic rings. The highest BCUT2D eigenvalue weighted by Crippen LogP contribution is 2.13. The van der Waals surface area contributed by atoms with Gasteiger partial charge in [-0.1, -0.05) is 29.4 Å². The molecule has 0 atom stereocenters. The van der Waals surface area contributed by atoms with E-state index in [2.05, 4.69) is 10.0 Å². The molecule has 0 bridgehead atoms. The number of benzene rings is 1. The number of hydrogen-bond donors (Lipinski definition) is 1. The van der Waals surface area contributed by atoms with Gasteiger partial charge in [-0.3, -0.25) is 0 Å². The maximum atomic E-state index is 9.02. The van der Waals surface area contributed by atoms with Crippen LogP contribution in [0.3, 0.4) is 0 Å². The van der Waals surface area contributed by atoms with Gasteiger partial charge >= 0.3 is 0 Å². The van der Waals surface area contributed by atoms with Crippen LogP contribution in [0, 0.1) is 6.92 Å². The number of aliphatic hydroxyl groups excluding tert-OH is 1. The molecule has 84 valence electrons. The van der Waals surface area contributed by atoms with Gasteiger partial charge in [0.15, 0.2) is 0 Å². The predicted octanol–water partition coefficient (Wildman–Crippen LogP) is 3.20. The van der Waals surface area contributed by atoms with Crippen LogP contribution in [0.15, 0.2) is 29.4 Å². The Morgan fingerprint density at radius 2 is 2.31 bits per heavy atom. The van der Waals surface area contributed by atoms with Crippen molar-refractivity contribution in [2.45, 2.75) is 20.0 Å². The molecule has 16 heavy (non-hydrogen) atoms. The fourth-order valence-corrected chi connectivity index (χ4v) is 1.36. The highest BCUT2D eigenvalue weighted by molar-refractivity contribution is 5.54. The van der Waals surface area contributed by atoms with Crippen LogP contribution in [0.4, 0.5) is 0 Å². The SMILES string of the molecule is Cc1ccc(CO)cc1C=CCCN=[N+]=[N-]. The second kappa shape index (κ2) is 6.67. The second-order valence-electron chi connectivity index (χ2n) is 3.49. The Labute approximate surface area is 94.9 Å². The number of hydrogen-bond acceptors (Lipinski definition) is 2. The van der Waals surface area contributed by atoms with E-state index in [0.29, 0.717) is 6.54 Å². The van der Waals surface area contributed by atoms with Crippen LogP contribution >= 0.6 is 0 Å². The summed E-state index contributed by atoms with van der Waals surface area (Å²) >= 11 is 0. The van der Waals surface area contributed by atoms with Crippen LogP contribution in [0.5, 0.6) is 0 Å². The lowest BCUT2D eigenvalue weighted by atomic mass is 10.0. The van der Waals surface area contributed by atoms with Crippen molar-refractivity contribution in [1.82, 2.24) is 0 Å². The molecule has 1 rings (SSSR count). The summed E-state index contributed by atoms with van der Waals surface area (Å²) < 4.78 is 0. The molecule has 0 heterocycles. The van der Waals surface area contributed by atoms with Gasteiger partial charge < -0.3 is 5.11 Å². The van der Waals surface area contributed by atoms with E-state index in [9.17, 15) is 0 Å². The lowest BCUT2D eigenvalue weighted by Crippen LogP contribution is -1.87. The molecule has 0 saturated heterocycles. The molecule has 0 aromatic heterocycles. The highest BCUT2D eigenvalue weighted by atomic mass is 16.3. The lowest BCUT2D eigenvalue weighted by Gasteiger charge is -2.02. The average molecular weight is 217 g/mol. The van der Waals surface area contributed by atoms with Crippen molar-refractivity contribution in [3.8, 4) is 0 Å².